The van der Waals surface area contributed by atoms with Crippen LogP contribution in [0.4, 0.5) is 11.6 Å². The van der Waals surface area contributed by atoms with E-state index in [0.717, 1.165) is 22.4 Å². The van der Waals surface area contributed by atoms with Crippen LogP contribution in [-0.4, -0.2) is 25.7 Å². The Hall–Kier alpha value is -3.62. The Kier molecular flexibility index (Phi) is 6.57. The van der Waals surface area contributed by atoms with Gasteiger partial charge >= 0.3 is 0 Å². The predicted molar refractivity (Wildman–Crippen MR) is 140 cm³/mol. The fourth-order valence-electron chi connectivity index (χ4n) is 3.94. The van der Waals surface area contributed by atoms with Crippen LogP contribution in [0, 0.1) is 6.92 Å². The number of aromatic nitrogens is 4. The lowest BCUT2D eigenvalue weighted by Gasteiger charge is -2.28. The molecule has 0 aliphatic carbocycles. The van der Waals surface area contributed by atoms with Crippen molar-refractivity contribution in [2.45, 2.75) is 30.8 Å². The van der Waals surface area contributed by atoms with E-state index in [-0.39, 0.29) is 5.91 Å². The monoisotopic (exact) mass is 502 g/mol. The zero-order chi connectivity index (χ0) is 24.4. The minimum Gasteiger partial charge on any atom is -0.328 e. The summed E-state index contributed by atoms with van der Waals surface area (Å²) in [6.45, 7) is 3.92. The Labute approximate surface area is 212 Å². The number of rotatable bonds is 6. The maximum Gasteiger partial charge on any atom is 0.255 e. The van der Waals surface area contributed by atoms with E-state index in [4.69, 9.17) is 21.7 Å². The molecule has 35 heavy (non-hydrogen) atoms. The first-order valence-corrected chi connectivity index (χ1v) is 12.4. The Morgan fingerprint density at radius 2 is 1.91 bits per heavy atom. The van der Waals surface area contributed by atoms with E-state index in [1.165, 1.54) is 11.8 Å². The fraction of sp³-hybridized carbons (Fsp3) is 0.154. The van der Waals surface area contributed by atoms with E-state index in [1.54, 1.807) is 23.1 Å². The van der Waals surface area contributed by atoms with Crippen LogP contribution >= 0.6 is 23.4 Å². The van der Waals surface area contributed by atoms with Crippen LogP contribution in [0.25, 0.3) is 0 Å². The third kappa shape index (κ3) is 4.94. The molecular weight excluding hydrogens is 480 g/mol. The van der Waals surface area contributed by atoms with Gasteiger partial charge in [0.2, 0.25) is 11.1 Å². The van der Waals surface area contributed by atoms with Crippen LogP contribution in [0.15, 0.2) is 89.5 Å². The van der Waals surface area contributed by atoms with Gasteiger partial charge in [0, 0.05) is 22.7 Å². The molecule has 1 unspecified atom stereocenters. The Balaban J connectivity index is 1.49. The van der Waals surface area contributed by atoms with Gasteiger partial charge in [0.1, 0.15) is 6.04 Å². The first kappa shape index (κ1) is 23.1. The number of thioether (sulfide) groups is 1. The van der Waals surface area contributed by atoms with Crippen LogP contribution < -0.4 is 10.6 Å². The molecule has 0 bridgehead atoms. The molecule has 2 aromatic carbocycles. The van der Waals surface area contributed by atoms with Crippen LogP contribution in [0.1, 0.15) is 29.7 Å². The summed E-state index contributed by atoms with van der Waals surface area (Å²) in [5.41, 5.74) is 5.01. The van der Waals surface area contributed by atoms with E-state index in [2.05, 4.69) is 15.6 Å². The van der Waals surface area contributed by atoms with Crippen LogP contribution in [0.2, 0.25) is 5.02 Å². The van der Waals surface area contributed by atoms with Gasteiger partial charge in [-0.3, -0.25) is 9.78 Å². The maximum atomic E-state index is 13.5. The molecule has 0 radical (unpaired) electrons. The number of allylic oxidation sites excluding steroid dienone is 1. The smallest absolute Gasteiger partial charge is 0.255 e. The molecule has 1 atom stereocenters. The molecule has 0 saturated heterocycles. The molecule has 3 heterocycles. The van der Waals surface area contributed by atoms with Gasteiger partial charge in [-0.1, -0.05) is 71.4 Å². The molecule has 9 heteroatoms. The van der Waals surface area contributed by atoms with Crippen LogP contribution in [-0.2, 0) is 10.5 Å². The third-order valence-electron chi connectivity index (χ3n) is 5.70. The van der Waals surface area contributed by atoms with Gasteiger partial charge in [0.25, 0.3) is 5.91 Å². The molecule has 2 N–H and O–H groups in total. The highest BCUT2D eigenvalue weighted by atomic mass is 35.5. The third-order valence-corrected chi connectivity index (χ3v) is 6.96. The van der Waals surface area contributed by atoms with E-state index in [1.807, 2.05) is 68.4 Å². The SMILES string of the molecule is CC1=C(C(=O)Nc2cccnc2)C(c2ccc(C)cc2)n2nc(SCc3ccccc3Cl)nc2N1. The molecule has 0 fully saturated rings. The number of benzene rings is 2. The van der Waals surface area contributed by atoms with E-state index in [9.17, 15) is 4.79 Å². The number of hydrogen-bond donors (Lipinski definition) is 2. The highest BCUT2D eigenvalue weighted by Gasteiger charge is 2.34. The Morgan fingerprint density at radius 1 is 1.11 bits per heavy atom. The van der Waals surface area contributed by atoms with Crippen LogP contribution in [0.5, 0.6) is 0 Å². The van der Waals surface area contributed by atoms with Gasteiger partial charge in [-0.05, 0) is 43.2 Å². The minimum atomic E-state index is -0.439. The summed E-state index contributed by atoms with van der Waals surface area (Å²) in [4.78, 5) is 22.3. The van der Waals surface area contributed by atoms with E-state index < -0.39 is 6.04 Å². The van der Waals surface area contributed by atoms with E-state index in [0.29, 0.717) is 33.1 Å². The molecule has 0 spiro atoms. The number of pyridine rings is 1. The second-order valence-corrected chi connectivity index (χ2v) is 9.57. The molecular formula is C26H23ClN6OS. The first-order chi connectivity index (χ1) is 17.0. The molecule has 1 aliphatic heterocycles. The molecule has 1 amide bonds. The quantitative estimate of drug-likeness (QED) is 0.321. The van der Waals surface area contributed by atoms with Crippen molar-refractivity contribution >= 4 is 40.9 Å². The summed E-state index contributed by atoms with van der Waals surface area (Å²) in [6.07, 6.45) is 3.29. The highest BCUT2D eigenvalue weighted by molar-refractivity contribution is 7.98. The summed E-state index contributed by atoms with van der Waals surface area (Å²) < 4.78 is 1.78. The summed E-state index contributed by atoms with van der Waals surface area (Å²) in [6, 6.07) is 19.0. The standard InChI is InChI=1S/C26H23ClN6OS/c1-16-9-11-18(12-10-16)23-22(24(34)30-20-7-5-13-28-14-20)17(2)29-25-31-26(32-33(23)25)35-15-19-6-3-4-8-21(19)27/h3-14,23H,15H2,1-2H3,(H,30,34)(H,29,31,32). The number of halogens is 1. The first-order valence-electron chi connectivity index (χ1n) is 11.1. The van der Waals surface area contributed by atoms with Gasteiger partial charge < -0.3 is 10.6 Å². The molecule has 2 aromatic heterocycles. The van der Waals surface area contributed by atoms with Crippen molar-refractivity contribution in [2.24, 2.45) is 0 Å². The summed E-state index contributed by atoms with van der Waals surface area (Å²) in [5, 5.41) is 12.3. The predicted octanol–water partition coefficient (Wildman–Crippen LogP) is 5.85. The maximum absolute atomic E-state index is 13.5. The number of fused-ring (bicyclic) bond motifs is 1. The molecule has 0 saturated carbocycles. The number of carbonyl (C=O) groups is 1. The normalized spacial score (nSPS) is 14.9. The van der Waals surface area contributed by atoms with Crippen molar-refractivity contribution in [3.63, 3.8) is 0 Å². The van der Waals surface area contributed by atoms with Crippen molar-refractivity contribution in [3.8, 4) is 0 Å². The molecule has 1 aliphatic rings. The van der Waals surface area contributed by atoms with Gasteiger partial charge in [-0.2, -0.15) is 4.98 Å². The molecule has 4 aromatic rings. The largest absolute Gasteiger partial charge is 0.328 e. The number of nitrogens with one attached hydrogen (secondary N) is 2. The Morgan fingerprint density at radius 3 is 2.66 bits per heavy atom. The zero-order valence-corrected chi connectivity index (χ0v) is 20.8. The van der Waals surface area contributed by atoms with Gasteiger partial charge in [-0.15, -0.1) is 5.10 Å². The van der Waals surface area contributed by atoms with Gasteiger partial charge in [0.05, 0.1) is 17.5 Å². The summed E-state index contributed by atoms with van der Waals surface area (Å²) >= 11 is 7.82. The number of anilines is 2. The van der Waals surface area contributed by atoms with Crippen molar-refractivity contribution in [1.82, 2.24) is 19.7 Å². The zero-order valence-electron chi connectivity index (χ0n) is 19.2. The van der Waals surface area contributed by atoms with Gasteiger partial charge in [-0.25, -0.2) is 4.68 Å². The number of hydrogen-bond acceptors (Lipinski definition) is 6. The average molecular weight is 503 g/mol. The van der Waals surface area contributed by atoms with Gasteiger partial charge in [0.15, 0.2) is 0 Å². The lowest BCUT2D eigenvalue weighted by Crippen LogP contribution is -2.31. The Bertz CT molecular complexity index is 1400. The van der Waals surface area contributed by atoms with Crippen molar-refractivity contribution in [2.75, 3.05) is 10.6 Å². The average Bonchev–Trinajstić information content (AvgIpc) is 3.26. The summed E-state index contributed by atoms with van der Waals surface area (Å²) in [5.74, 6) is 1.01. The van der Waals surface area contributed by atoms with E-state index >= 15 is 0 Å². The molecule has 7 nitrogen and oxygen atoms in total. The molecule has 5 rings (SSSR count). The lowest BCUT2D eigenvalue weighted by molar-refractivity contribution is -0.113. The fourth-order valence-corrected chi connectivity index (χ4v) is 5.05. The second kappa shape index (κ2) is 9.93. The van der Waals surface area contributed by atoms with Crippen molar-refractivity contribution in [1.29, 1.82) is 0 Å². The number of amides is 1. The van der Waals surface area contributed by atoms with Crippen molar-refractivity contribution in [3.05, 3.63) is 106 Å². The highest BCUT2D eigenvalue weighted by Crippen LogP contribution is 2.37. The number of aryl methyl sites for hydroxylation is 1. The summed E-state index contributed by atoms with van der Waals surface area (Å²) in [7, 11) is 0. The minimum absolute atomic E-state index is 0.222. The second-order valence-electron chi connectivity index (χ2n) is 8.22. The lowest BCUT2D eigenvalue weighted by atomic mass is 9.94. The topological polar surface area (TPSA) is 84.7 Å². The number of nitrogens with zero attached hydrogens (tertiary/aromatic N) is 4. The van der Waals surface area contributed by atoms with Crippen LogP contribution in [0.3, 0.4) is 0 Å². The van der Waals surface area contributed by atoms with Crippen molar-refractivity contribution < 1.29 is 4.79 Å². The number of carbonyl (C=O) groups excluding carboxylic acids is 1. The molecule has 176 valence electrons.